The SMILES string of the molecule is CCc1cccc(-n2ncc3ccc(-c4cccc(C(C)=NO)n4)cc32)n1. The van der Waals surface area contributed by atoms with E-state index in [0.29, 0.717) is 11.4 Å². The van der Waals surface area contributed by atoms with Gasteiger partial charge in [-0.1, -0.05) is 36.3 Å². The van der Waals surface area contributed by atoms with Crippen molar-refractivity contribution in [2.75, 3.05) is 0 Å². The number of hydrogen-bond acceptors (Lipinski definition) is 5. The minimum atomic E-state index is 0.476. The van der Waals surface area contributed by atoms with Gasteiger partial charge in [-0.2, -0.15) is 5.10 Å². The summed E-state index contributed by atoms with van der Waals surface area (Å²) in [6.45, 7) is 3.80. The second-order valence-electron chi connectivity index (χ2n) is 6.26. The molecule has 6 heteroatoms. The molecule has 3 heterocycles. The number of oxime groups is 1. The van der Waals surface area contributed by atoms with E-state index in [1.165, 1.54) is 0 Å². The van der Waals surface area contributed by atoms with E-state index in [4.69, 9.17) is 5.21 Å². The summed E-state index contributed by atoms with van der Waals surface area (Å²) in [5.41, 5.74) is 4.88. The van der Waals surface area contributed by atoms with Gasteiger partial charge in [0.2, 0.25) is 0 Å². The molecule has 0 spiro atoms. The number of aromatic nitrogens is 4. The Morgan fingerprint density at radius 2 is 1.93 bits per heavy atom. The smallest absolute Gasteiger partial charge is 0.154 e. The lowest BCUT2D eigenvalue weighted by molar-refractivity contribution is 0.319. The van der Waals surface area contributed by atoms with Gasteiger partial charge in [0.25, 0.3) is 0 Å². The van der Waals surface area contributed by atoms with Gasteiger partial charge in [-0.3, -0.25) is 0 Å². The molecule has 6 nitrogen and oxygen atoms in total. The maximum Gasteiger partial charge on any atom is 0.154 e. The fourth-order valence-corrected chi connectivity index (χ4v) is 2.99. The summed E-state index contributed by atoms with van der Waals surface area (Å²) >= 11 is 0. The van der Waals surface area contributed by atoms with E-state index in [2.05, 4.69) is 33.2 Å². The van der Waals surface area contributed by atoms with Gasteiger partial charge in [0.05, 0.1) is 23.1 Å². The van der Waals surface area contributed by atoms with E-state index < -0.39 is 0 Å². The van der Waals surface area contributed by atoms with Gasteiger partial charge in [-0.15, -0.1) is 0 Å². The van der Waals surface area contributed by atoms with Gasteiger partial charge in [0.1, 0.15) is 5.71 Å². The van der Waals surface area contributed by atoms with Crippen molar-refractivity contribution >= 4 is 16.6 Å². The first kappa shape index (κ1) is 16.9. The molecular weight excluding hydrogens is 338 g/mol. The molecule has 0 aliphatic carbocycles. The van der Waals surface area contributed by atoms with E-state index in [1.54, 1.807) is 6.92 Å². The highest BCUT2D eigenvalue weighted by atomic mass is 16.4. The number of aryl methyl sites for hydroxylation is 1. The van der Waals surface area contributed by atoms with Crippen LogP contribution in [-0.4, -0.2) is 30.7 Å². The molecule has 0 aliphatic rings. The maximum atomic E-state index is 9.00. The van der Waals surface area contributed by atoms with E-state index in [1.807, 2.05) is 59.4 Å². The van der Waals surface area contributed by atoms with Gasteiger partial charge in [0.15, 0.2) is 5.82 Å². The molecule has 27 heavy (non-hydrogen) atoms. The number of rotatable bonds is 4. The van der Waals surface area contributed by atoms with E-state index in [-0.39, 0.29) is 0 Å². The van der Waals surface area contributed by atoms with Crippen LogP contribution in [0.25, 0.3) is 28.0 Å². The molecule has 0 aliphatic heterocycles. The second kappa shape index (κ2) is 6.99. The van der Waals surface area contributed by atoms with E-state index in [0.717, 1.165) is 40.1 Å². The molecule has 0 radical (unpaired) electrons. The molecule has 134 valence electrons. The van der Waals surface area contributed by atoms with Crippen molar-refractivity contribution in [3.05, 3.63) is 72.2 Å². The molecule has 0 bridgehead atoms. The van der Waals surface area contributed by atoms with Crippen LogP contribution in [0.15, 0.2) is 65.9 Å². The lowest BCUT2D eigenvalue weighted by Crippen LogP contribution is -2.01. The summed E-state index contributed by atoms with van der Waals surface area (Å²) in [6.07, 6.45) is 2.71. The van der Waals surface area contributed by atoms with Crippen molar-refractivity contribution in [1.82, 2.24) is 19.7 Å². The highest BCUT2D eigenvalue weighted by molar-refractivity contribution is 5.97. The average Bonchev–Trinajstić information content (AvgIpc) is 3.16. The Labute approximate surface area is 156 Å². The number of benzene rings is 1. The first-order valence-corrected chi connectivity index (χ1v) is 8.80. The molecule has 0 unspecified atom stereocenters. The highest BCUT2D eigenvalue weighted by Crippen LogP contribution is 2.25. The Bertz CT molecular complexity index is 1150. The Hall–Kier alpha value is -3.54. The number of nitrogens with zero attached hydrogens (tertiary/aromatic N) is 5. The van der Waals surface area contributed by atoms with Crippen molar-refractivity contribution in [3.63, 3.8) is 0 Å². The van der Waals surface area contributed by atoms with Crippen molar-refractivity contribution in [1.29, 1.82) is 0 Å². The van der Waals surface area contributed by atoms with Crippen molar-refractivity contribution in [3.8, 4) is 17.1 Å². The Morgan fingerprint density at radius 3 is 2.74 bits per heavy atom. The molecule has 0 saturated heterocycles. The fraction of sp³-hybridized carbons (Fsp3) is 0.143. The predicted octanol–water partition coefficient (Wildman–Crippen LogP) is 4.24. The predicted molar refractivity (Wildman–Crippen MR) is 105 cm³/mol. The number of hydrogen-bond donors (Lipinski definition) is 1. The molecule has 0 saturated carbocycles. The minimum Gasteiger partial charge on any atom is -0.411 e. The fourth-order valence-electron chi connectivity index (χ4n) is 2.99. The first-order valence-electron chi connectivity index (χ1n) is 8.80. The van der Waals surface area contributed by atoms with Crippen LogP contribution in [0.3, 0.4) is 0 Å². The topological polar surface area (TPSA) is 76.2 Å². The zero-order valence-corrected chi connectivity index (χ0v) is 15.2. The Kier molecular flexibility index (Phi) is 4.38. The highest BCUT2D eigenvalue weighted by Gasteiger charge is 2.10. The Balaban J connectivity index is 1.83. The molecule has 0 atom stereocenters. The number of pyridine rings is 2. The first-order chi connectivity index (χ1) is 13.2. The summed E-state index contributed by atoms with van der Waals surface area (Å²) < 4.78 is 1.85. The molecule has 4 rings (SSSR count). The molecule has 0 fully saturated rings. The van der Waals surface area contributed by atoms with Gasteiger partial charge in [-0.25, -0.2) is 14.6 Å². The molecule has 0 amide bonds. The van der Waals surface area contributed by atoms with Gasteiger partial charge >= 0.3 is 0 Å². The van der Waals surface area contributed by atoms with Crippen molar-refractivity contribution in [2.45, 2.75) is 20.3 Å². The monoisotopic (exact) mass is 357 g/mol. The molecule has 4 aromatic rings. The molecule has 3 aromatic heterocycles. The lowest BCUT2D eigenvalue weighted by Gasteiger charge is -2.07. The van der Waals surface area contributed by atoms with Crippen LogP contribution < -0.4 is 0 Å². The summed E-state index contributed by atoms with van der Waals surface area (Å²) in [4.78, 5) is 9.27. The van der Waals surface area contributed by atoms with Crippen LogP contribution in [-0.2, 0) is 6.42 Å². The van der Waals surface area contributed by atoms with Crippen LogP contribution in [0.4, 0.5) is 0 Å². The summed E-state index contributed by atoms with van der Waals surface area (Å²) in [7, 11) is 0. The van der Waals surface area contributed by atoms with Gasteiger partial charge in [0, 0.05) is 16.6 Å². The van der Waals surface area contributed by atoms with Crippen LogP contribution in [0.5, 0.6) is 0 Å². The third-order valence-corrected chi connectivity index (χ3v) is 4.51. The average molecular weight is 357 g/mol. The molecule has 1 N–H and O–H groups in total. The third-order valence-electron chi connectivity index (χ3n) is 4.51. The van der Waals surface area contributed by atoms with Crippen LogP contribution >= 0.6 is 0 Å². The summed E-state index contributed by atoms with van der Waals surface area (Å²) in [5.74, 6) is 0.798. The summed E-state index contributed by atoms with van der Waals surface area (Å²) in [6, 6.07) is 17.7. The molecule has 1 aromatic carbocycles. The van der Waals surface area contributed by atoms with Crippen LogP contribution in [0.2, 0.25) is 0 Å². The largest absolute Gasteiger partial charge is 0.411 e. The van der Waals surface area contributed by atoms with Gasteiger partial charge in [-0.05, 0) is 43.7 Å². The van der Waals surface area contributed by atoms with E-state index >= 15 is 0 Å². The summed E-state index contributed by atoms with van der Waals surface area (Å²) in [5, 5.41) is 17.8. The third kappa shape index (κ3) is 3.17. The second-order valence-corrected chi connectivity index (χ2v) is 6.26. The lowest BCUT2D eigenvalue weighted by atomic mass is 10.1. The van der Waals surface area contributed by atoms with E-state index in [9.17, 15) is 0 Å². The number of fused-ring (bicyclic) bond motifs is 1. The molecular formula is C21H19N5O. The zero-order chi connectivity index (χ0) is 18.8. The normalized spacial score (nSPS) is 11.9. The maximum absolute atomic E-state index is 9.00. The van der Waals surface area contributed by atoms with Crippen molar-refractivity contribution < 1.29 is 5.21 Å². The quantitative estimate of drug-likeness (QED) is 0.337. The zero-order valence-electron chi connectivity index (χ0n) is 15.2. The van der Waals surface area contributed by atoms with Gasteiger partial charge < -0.3 is 5.21 Å². The Morgan fingerprint density at radius 1 is 1.07 bits per heavy atom. The standard InChI is InChI=1S/C21H19N5O/c1-3-17-6-4-9-21(23-17)26-20-12-15(10-11-16(20)13-22-26)19-8-5-7-18(24-19)14(2)25-27/h4-13,27H,3H2,1-2H3. The van der Waals surface area contributed by atoms with Crippen molar-refractivity contribution in [2.24, 2.45) is 5.16 Å². The van der Waals surface area contributed by atoms with Crippen LogP contribution in [0.1, 0.15) is 25.2 Å². The van der Waals surface area contributed by atoms with Crippen LogP contribution in [0, 0.1) is 0 Å². The minimum absolute atomic E-state index is 0.476.